The maximum Gasteiger partial charge on any atom is 0.226 e. The predicted octanol–water partition coefficient (Wildman–Crippen LogP) is 2.60. The molecule has 2 aromatic rings. The Morgan fingerprint density at radius 2 is 2.19 bits per heavy atom. The molecule has 0 radical (unpaired) electrons. The van der Waals surface area contributed by atoms with Crippen LogP contribution < -0.4 is 10.6 Å². The molecule has 1 aromatic carbocycles. The number of halogens is 1. The third kappa shape index (κ3) is 3.03. The second-order valence-electron chi connectivity index (χ2n) is 5.33. The summed E-state index contributed by atoms with van der Waals surface area (Å²) >= 11 is 0. The molecule has 0 saturated carbocycles. The second-order valence-corrected chi connectivity index (χ2v) is 5.33. The number of nitrogens with zero attached hydrogens (tertiary/aromatic N) is 3. The third-order valence-corrected chi connectivity index (χ3v) is 3.92. The number of nitrogens with two attached hydrogens (primary N) is 1. The molecule has 1 aromatic heterocycles. The van der Waals surface area contributed by atoms with Crippen LogP contribution in [-0.4, -0.2) is 29.1 Å². The fourth-order valence-electron chi connectivity index (χ4n) is 2.80. The quantitative estimate of drug-likeness (QED) is 0.942. The molecule has 2 heterocycles. The van der Waals surface area contributed by atoms with Crippen molar-refractivity contribution in [2.24, 2.45) is 5.73 Å². The van der Waals surface area contributed by atoms with E-state index in [0.29, 0.717) is 18.5 Å². The molecule has 2 N–H and O–H groups in total. The zero-order chi connectivity index (χ0) is 14.7. The SMILES string of the molecule is NCC1CCCCN1c1nccc(-c2cccc(F)c2)n1. The van der Waals surface area contributed by atoms with Crippen molar-refractivity contribution in [3.8, 4) is 11.3 Å². The summed E-state index contributed by atoms with van der Waals surface area (Å²) < 4.78 is 13.4. The van der Waals surface area contributed by atoms with Crippen molar-refractivity contribution in [3.63, 3.8) is 0 Å². The molecule has 3 rings (SSSR count). The molecule has 1 aliphatic heterocycles. The van der Waals surface area contributed by atoms with Gasteiger partial charge in [0.15, 0.2) is 0 Å². The number of piperidine rings is 1. The van der Waals surface area contributed by atoms with Crippen molar-refractivity contribution in [1.82, 2.24) is 9.97 Å². The first-order valence-corrected chi connectivity index (χ1v) is 7.33. The fraction of sp³-hybridized carbons (Fsp3) is 0.375. The Labute approximate surface area is 123 Å². The molecule has 1 saturated heterocycles. The van der Waals surface area contributed by atoms with Gasteiger partial charge in [0, 0.05) is 30.9 Å². The number of aromatic nitrogens is 2. The average Bonchev–Trinajstić information content (AvgIpc) is 2.55. The minimum Gasteiger partial charge on any atom is -0.337 e. The van der Waals surface area contributed by atoms with E-state index in [-0.39, 0.29) is 5.82 Å². The Bertz CT molecular complexity index is 617. The minimum atomic E-state index is -0.259. The van der Waals surface area contributed by atoms with Crippen molar-refractivity contribution in [1.29, 1.82) is 0 Å². The zero-order valence-electron chi connectivity index (χ0n) is 11.9. The fourth-order valence-corrected chi connectivity index (χ4v) is 2.80. The van der Waals surface area contributed by atoms with Crippen LogP contribution in [0.4, 0.5) is 10.3 Å². The standard InChI is InChI=1S/C16H19FN4/c17-13-5-3-4-12(10-13)15-7-8-19-16(20-15)21-9-2-1-6-14(21)11-18/h3-5,7-8,10,14H,1-2,6,9,11,18H2. The van der Waals surface area contributed by atoms with Crippen molar-refractivity contribution < 1.29 is 4.39 Å². The summed E-state index contributed by atoms with van der Waals surface area (Å²) in [6, 6.07) is 8.56. The van der Waals surface area contributed by atoms with Crippen molar-refractivity contribution >= 4 is 5.95 Å². The highest BCUT2D eigenvalue weighted by molar-refractivity contribution is 5.60. The maximum absolute atomic E-state index is 13.4. The van der Waals surface area contributed by atoms with Crippen LogP contribution in [0.3, 0.4) is 0 Å². The molecule has 1 atom stereocenters. The lowest BCUT2D eigenvalue weighted by Crippen LogP contribution is -2.45. The van der Waals surface area contributed by atoms with E-state index in [1.807, 2.05) is 6.07 Å². The summed E-state index contributed by atoms with van der Waals surface area (Å²) in [7, 11) is 0. The van der Waals surface area contributed by atoms with Gasteiger partial charge >= 0.3 is 0 Å². The highest BCUT2D eigenvalue weighted by Crippen LogP contribution is 2.24. The molecule has 21 heavy (non-hydrogen) atoms. The van der Waals surface area contributed by atoms with Crippen LogP contribution in [0, 0.1) is 5.82 Å². The van der Waals surface area contributed by atoms with Gasteiger partial charge in [-0.15, -0.1) is 0 Å². The van der Waals surface area contributed by atoms with E-state index in [9.17, 15) is 4.39 Å². The van der Waals surface area contributed by atoms with E-state index in [4.69, 9.17) is 5.73 Å². The summed E-state index contributed by atoms with van der Waals surface area (Å²) in [4.78, 5) is 11.1. The molecule has 5 heteroatoms. The predicted molar refractivity (Wildman–Crippen MR) is 81.5 cm³/mol. The lowest BCUT2D eigenvalue weighted by Gasteiger charge is -2.35. The molecule has 4 nitrogen and oxygen atoms in total. The van der Waals surface area contributed by atoms with Crippen LogP contribution in [0.15, 0.2) is 36.5 Å². The molecule has 0 aliphatic carbocycles. The Hall–Kier alpha value is -2.01. The number of anilines is 1. The Morgan fingerprint density at radius 3 is 3.00 bits per heavy atom. The summed E-state index contributed by atoms with van der Waals surface area (Å²) in [6.45, 7) is 1.53. The summed E-state index contributed by atoms with van der Waals surface area (Å²) in [6.07, 6.45) is 5.13. The molecular formula is C16H19FN4. The molecule has 1 fully saturated rings. The summed E-state index contributed by atoms with van der Waals surface area (Å²) in [5, 5.41) is 0. The molecule has 0 bridgehead atoms. The molecule has 1 unspecified atom stereocenters. The van der Waals surface area contributed by atoms with E-state index in [1.165, 1.54) is 18.6 Å². The van der Waals surface area contributed by atoms with Gasteiger partial charge in [0.2, 0.25) is 5.95 Å². The summed E-state index contributed by atoms with van der Waals surface area (Å²) in [5.74, 6) is 0.428. The van der Waals surface area contributed by atoms with Gasteiger partial charge in [-0.1, -0.05) is 12.1 Å². The van der Waals surface area contributed by atoms with Crippen molar-refractivity contribution in [2.45, 2.75) is 25.3 Å². The van der Waals surface area contributed by atoms with E-state index in [2.05, 4.69) is 14.9 Å². The van der Waals surface area contributed by atoms with Gasteiger partial charge in [-0.2, -0.15) is 0 Å². The Kier molecular flexibility index (Phi) is 4.10. The normalized spacial score (nSPS) is 18.8. The van der Waals surface area contributed by atoms with E-state index in [1.54, 1.807) is 18.3 Å². The lowest BCUT2D eigenvalue weighted by molar-refractivity contribution is 0.458. The topological polar surface area (TPSA) is 55.0 Å². The van der Waals surface area contributed by atoms with Gasteiger partial charge in [0.25, 0.3) is 0 Å². The Morgan fingerprint density at radius 1 is 1.29 bits per heavy atom. The first-order chi connectivity index (χ1) is 10.3. The number of hydrogen-bond donors (Lipinski definition) is 1. The van der Waals surface area contributed by atoms with Crippen LogP contribution in [0.5, 0.6) is 0 Å². The average molecular weight is 286 g/mol. The van der Waals surface area contributed by atoms with E-state index >= 15 is 0 Å². The first-order valence-electron chi connectivity index (χ1n) is 7.33. The highest BCUT2D eigenvalue weighted by Gasteiger charge is 2.23. The third-order valence-electron chi connectivity index (χ3n) is 3.92. The van der Waals surface area contributed by atoms with Crippen molar-refractivity contribution in [2.75, 3.05) is 18.0 Å². The molecule has 0 spiro atoms. The largest absolute Gasteiger partial charge is 0.337 e. The van der Waals surface area contributed by atoms with Crippen LogP contribution in [0.25, 0.3) is 11.3 Å². The first kappa shape index (κ1) is 13.9. The summed E-state index contributed by atoms with van der Waals surface area (Å²) in [5.41, 5.74) is 7.35. The van der Waals surface area contributed by atoms with E-state index in [0.717, 1.165) is 30.6 Å². The van der Waals surface area contributed by atoms with Gasteiger partial charge in [0.1, 0.15) is 5.82 Å². The number of hydrogen-bond acceptors (Lipinski definition) is 4. The molecular weight excluding hydrogens is 267 g/mol. The van der Waals surface area contributed by atoms with Gasteiger partial charge in [-0.3, -0.25) is 0 Å². The van der Waals surface area contributed by atoms with Gasteiger partial charge in [-0.25, -0.2) is 14.4 Å². The molecule has 110 valence electrons. The van der Waals surface area contributed by atoms with Gasteiger partial charge < -0.3 is 10.6 Å². The molecule has 0 amide bonds. The monoisotopic (exact) mass is 286 g/mol. The zero-order valence-corrected chi connectivity index (χ0v) is 11.9. The minimum absolute atomic E-state index is 0.259. The second kappa shape index (κ2) is 6.18. The molecule has 1 aliphatic rings. The Balaban J connectivity index is 1.92. The lowest BCUT2D eigenvalue weighted by atomic mass is 10.0. The van der Waals surface area contributed by atoms with E-state index < -0.39 is 0 Å². The number of benzene rings is 1. The van der Waals surface area contributed by atoms with Crippen LogP contribution in [-0.2, 0) is 0 Å². The van der Waals surface area contributed by atoms with Crippen LogP contribution >= 0.6 is 0 Å². The highest BCUT2D eigenvalue weighted by atomic mass is 19.1. The maximum atomic E-state index is 13.4. The van der Waals surface area contributed by atoms with Crippen LogP contribution in [0.2, 0.25) is 0 Å². The van der Waals surface area contributed by atoms with Gasteiger partial charge in [-0.05, 0) is 37.5 Å². The number of rotatable bonds is 3. The smallest absolute Gasteiger partial charge is 0.226 e. The van der Waals surface area contributed by atoms with Crippen molar-refractivity contribution in [3.05, 3.63) is 42.3 Å². The van der Waals surface area contributed by atoms with Gasteiger partial charge in [0.05, 0.1) is 5.69 Å². The van der Waals surface area contributed by atoms with Crippen LogP contribution in [0.1, 0.15) is 19.3 Å².